The van der Waals surface area contributed by atoms with E-state index in [4.69, 9.17) is 0 Å². The molecular weight excluding hydrogens is 286 g/mol. The van der Waals surface area contributed by atoms with Gasteiger partial charge in [-0.1, -0.05) is 25.1 Å². The average Bonchev–Trinajstić information content (AvgIpc) is 2.94. The van der Waals surface area contributed by atoms with Gasteiger partial charge >= 0.3 is 0 Å². The van der Waals surface area contributed by atoms with Gasteiger partial charge in [-0.15, -0.1) is 0 Å². The van der Waals surface area contributed by atoms with E-state index in [0.29, 0.717) is 12.1 Å². The predicted octanol–water partition coefficient (Wildman–Crippen LogP) is 3.42. The molecule has 0 saturated carbocycles. The first-order chi connectivity index (χ1) is 11.3. The predicted molar refractivity (Wildman–Crippen MR) is 92.5 cm³/mol. The monoisotopic (exact) mass is 307 g/mol. The van der Waals surface area contributed by atoms with Crippen molar-refractivity contribution in [3.05, 3.63) is 66.0 Å². The van der Waals surface area contributed by atoms with E-state index in [1.807, 2.05) is 42.6 Å². The molecule has 2 aromatic heterocycles. The van der Waals surface area contributed by atoms with Crippen LogP contribution in [-0.4, -0.2) is 22.0 Å². The van der Waals surface area contributed by atoms with Crippen molar-refractivity contribution in [3.63, 3.8) is 0 Å². The van der Waals surface area contributed by atoms with Crippen LogP contribution in [-0.2, 0) is 13.0 Å². The van der Waals surface area contributed by atoms with Gasteiger partial charge in [-0.3, -0.25) is 4.79 Å². The number of pyridine rings is 1. The highest BCUT2D eigenvalue weighted by Crippen LogP contribution is 2.20. The fourth-order valence-electron chi connectivity index (χ4n) is 2.81. The van der Waals surface area contributed by atoms with Crippen molar-refractivity contribution in [3.8, 4) is 0 Å². The normalized spacial score (nSPS) is 10.8. The van der Waals surface area contributed by atoms with Crippen molar-refractivity contribution in [2.75, 3.05) is 6.54 Å². The van der Waals surface area contributed by atoms with Gasteiger partial charge in [0.2, 0.25) is 0 Å². The Morgan fingerprint density at radius 1 is 1.17 bits per heavy atom. The molecule has 4 nitrogen and oxygen atoms in total. The van der Waals surface area contributed by atoms with E-state index in [1.165, 1.54) is 10.9 Å². The maximum absolute atomic E-state index is 12.1. The smallest absolute Gasteiger partial charge is 0.251 e. The molecule has 23 heavy (non-hydrogen) atoms. The minimum absolute atomic E-state index is 0.0268. The number of carbonyl (C=O) groups excluding carboxylic acids is 1. The molecule has 0 aliphatic carbocycles. The third-order valence-corrected chi connectivity index (χ3v) is 3.90. The van der Waals surface area contributed by atoms with Crippen LogP contribution in [0.15, 0.2) is 54.9 Å². The third kappa shape index (κ3) is 3.42. The maximum Gasteiger partial charge on any atom is 0.251 e. The second-order valence-corrected chi connectivity index (χ2v) is 5.59. The summed E-state index contributed by atoms with van der Waals surface area (Å²) in [7, 11) is 0. The number of amides is 1. The Bertz CT molecular complexity index is 793. The Morgan fingerprint density at radius 2 is 2.00 bits per heavy atom. The number of carbonyl (C=O) groups is 1. The number of aromatic nitrogens is 2. The lowest BCUT2D eigenvalue weighted by Gasteiger charge is -2.04. The molecule has 0 radical (unpaired) electrons. The maximum atomic E-state index is 12.1. The average molecular weight is 307 g/mol. The second-order valence-electron chi connectivity index (χ2n) is 5.59. The Morgan fingerprint density at radius 3 is 2.78 bits per heavy atom. The van der Waals surface area contributed by atoms with Crippen LogP contribution in [0.25, 0.3) is 11.0 Å². The lowest BCUT2D eigenvalue weighted by atomic mass is 10.1. The number of hydrogen-bond acceptors (Lipinski definition) is 2. The zero-order chi connectivity index (χ0) is 16.1. The van der Waals surface area contributed by atoms with E-state index >= 15 is 0 Å². The number of rotatable bonds is 6. The first kappa shape index (κ1) is 15.3. The summed E-state index contributed by atoms with van der Waals surface area (Å²) in [5.41, 5.74) is 2.95. The van der Waals surface area contributed by atoms with Gasteiger partial charge < -0.3 is 9.88 Å². The molecule has 2 heterocycles. The second kappa shape index (κ2) is 7.09. The van der Waals surface area contributed by atoms with Crippen molar-refractivity contribution in [2.24, 2.45) is 0 Å². The van der Waals surface area contributed by atoms with Crippen LogP contribution in [0, 0.1) is 0 Å². The van der Waals surface area contributed by atoms with E-state index in [9.17, 15) is 4.79 Å². The Balaban J connectivity index is 1.69. The number of nitrogens with one attached hydrogen (secondary N) is 1. The van der Waals surface area contributed by atoms with Gasteiger partial charge in [0.1, 0.15) is 5.65 Å². The molecule has 0 bridgehead atoms. The molecule has 1 aromatic carbocycles. The zero-order valence-corrected chi connectivity index (χ0v) is 13.3. The molecule has 3 aromatic rings. The van der Waals surface area contributed by atoms with E-state index < -0.39 is 0 Å². The SMILES string of the molecule is CCCn1cc(CCNC(=O)c2ccccc2)c2cccnc21. The van der Waals surface area contributed by atoms with Gasteiger partial charge in [-0.2, -0.15) is 0 Å². The van der Waals surface area contributed by atoms with Crippen LogP contribution in [0.2, 0.25) is 0 Å². The Labute approximate surface area is 136 Å². The third-order valence-electron chi connectivity index (χ3n) is 3.90. The van der Waals surface area contributed by atoms with Crippen LogP contribution in [0.3, 0.4) is 0 Å². The summed E-state index contributed by atoms with van der Waals surface area (Å²) in [4.78, 5) is 16.6. The topological polar surface area (TPSA) is 46.9 Å². The van der Waals surface area contributed by atoms with E-state index in [1.54, 1.807) is 0 Å². The van der Waals surface area contributed by atoms with Crippen molar-refractivity contribution in [2.45, 2.75) is 26.3 Å². The summed E-state index contributed by atoms with van der Waals surface area (Å²) >= 11 is 0. The number of fused-ring (bicyclic) bond motifs is 1. The van der Waals surface area contributed by atoms with E-state index in [-0.39, 0.29) is 5.91 Å². The quantitative estimate of drug-likeness (QED) is 0.758. The van der Waals surface area contributed by atoms with Crippen LogP contribution >= 0.6 is 0 Å². The molecule has 3 rings (SSSR count). The molecule has 0 spiro atoms. The minimum Gasteiger partial charge on any atom is -0.352 e. The fraction of sp³-hybridized carbons (Fsp3) is 0.263. The fourth-order valence-corrected chi connectivity index (χ4v) is 2.81. The van der Waals surface area contributed by atoms with Crippen molar-refractivity contribution < 1.29 is 4.79 Å². The molecule has 1 N–H and O–H groups in total. The van der Waals surface area contributed by atoms with Gasteiger partial charge in [0, 0.05) is 36.4 Å². The first-order valence-electron chi connectivity index (χ1n) is 8.05. The summed E-state index contributed by atoms with van der Waals surface area (Å²) in [6.07, 6.45) is 5.87. The van der Waals surface area contributed by atoms with Crippen molar-refractivity contribution in [1.82, 2.24) is 14.9 Å². The van der Waals surface area contributed by atoms with Gasteiger partial charge in [0.05, 0.1) is 0 Å². The summed E-state index contributed by atoms with van der Waals surface area (Å²) in [6.45, 7) is 3.74. The Hall–Kier alpha value is -2.62. The molecular formula is C19H21N3O. The van der Waals surface area contributed by atoms with Gasteiger partial charge in [-0.05, 0) is 42.7 Å². The summed E-state index contributed by atoms with van der Waals surface area (Å²) in [5.74, 6) is -0.0268. The summed E-state index contributed by atoms with van der Waals surface area (Å²) in [5, 5.41) is 4.16. The van der Waals surface area contributed by atoms with Gasteiger partial charge in [-0.25, -0.2) is 4.98 Å². The van der Waals surface area contributed by atoms with Crippen LogP contribution in [0.4, 0.5) is 0 Å². The van der Waals surface area contributed by atoms with E-state index in [0.717, 1.165) is 25.0 Å². The van der Waals surface area contributed by atoms with Gasteiger partial charge in [0.25, 0.3) is 5.91 Å². The molecule has 0 aliphatic rings. The first-order valence-corrected chi connectivity index (χ1v) is 8.05. The van der Waals surface area contributed by atoms with Crippen molar-refractivity contribution in [1.29, 1.82) is 0 Å². The molecule has 0 fully saturated rings. The highest BCUT2D eigenvalue weighted by atomic mass is 16.1. The van der Waals surface area contributed by atoms with Crippen LogP contribution < -0.4 is 5.32 Å². The molecule has 4 heteroatoms. The van der Waals surface area contributed by atoms with E-state index in [2.05, 4.69) is 34.1 Å². The Kier molecular flexibility index (Phi) is 4.71. The molecule has 1 amide bonds. The van der Waals surface area contributed by atoms with Crippen LogP contribution in [0.1, 0.15) is 29.3 Å². The molecule has 118 valence electrons. The summed E-state index contributed by atoms with van der Waals surface area (Å²) in [6, 6.07) is 13.4. The molecule has 0 atom stereocenters. The lowest BCUT2D eigenvalue weighted by Crippen LogP contribution is -2.25. The van der Waals surface area contributed by atoms with Gasteiger partial charge in [0.15, 0.2) is 0 Å². The number of nitrogens with zero attached hydrogens (tertiary/aromatic N) is 2. The highest BCUT2D eigenvalue weighted by molar-refractivity contribution is 5.94. The zero-order valence-electron chi connectivity index (χ0n) is 13.3. The standard InChI is InChI=1S/C19H21N3O/c1-2-13-22-14-16(17-9-6-11-20-18(17)22)10-12-21-19(23)15-7-4-3-5-8-15/h3-9,11,14H,2,10,12-13H2,1H3,(H,21,23). The highest BCUT2D eigenvalue weighted by Gasteiger charge is 2.09. The van der Waals surface area contributed by atoms with Crippen LogP contribution in [0.5, 0.6) is 0 Å². The number of hydrogen-bond donors (Lipinski definition) is 1. The number of aryl methyl sites for hydroxylation is 1. The number of benzene rings is 1. The molecule has 0 saturated heterocycles. The minimum atomic E-state index is -0.0268. The largest absolute Gasteiger partial charge is 0.352 e. The molecule has 0 unspecified atom stereocenters. The van der Waals surface area contributed by atoms with Crippen molar-refractivity contribution >= 4 is 16.9 Å². The summed E-state index contributed by atoms with van der Waals surface area (Å²) < 4.78 is 2.20. The molecule has 0 aliphatic heterocycles. The lowest BCUT2D eigenvalue weighted by molar-refractivity contribution is 0.0954.